The summed E-state index contributed by atoms with van der Waals surface area (Å²) in [6, 6.07) is 0. The van der Waals surface area contributed by atoms with E-state index in [4.69, 9.17) is 0 Å². The highest BCUT2D eigenvalue weighted by Gasteiger charge is 2.77. The quantitative estimate of drug-likeness (QED) is 0.131. The number of rotatable bonds is 15. The predicted molar refractivity (Wildman–Crippen MR) is 64.2 cm³/mol. The first-order valence-electron chi connectivity index (χ1n) is 8.14. The Labute approximate surface area is 208 Å². The molecule has 0 radical (unpaired) electrons. The second-order valence-corrected chi connectivity index (χ2v) is 6.10. The van der Waals surface area contributed by atoms with Gasteiger partial charge in [0.25, 0.3) is 0 Å². The minimum Gasteiger partial charge on any atom is -0.241 e. The van der Waals surface area contributed by atoms with Crippen LogP contribution in [0, 0.1) is 0 Å². The highest BCUT2D eigenvalue weighted by Crippen LogP contribution is 2.51. The van der Waals surface area contributed by atoms with Crippen LogP contribution in [-0.2, 0) is 33.2 Å². The molecule has 0 aromatic heterocycles. The predicted octanol–water partition coefficient (Wildman–Crippen LogP) is 7.35. The maximum Gasteiger partial charge on any atom is 0.529 e. The summed E-state index contributed by atoms with van der Waals surface area (Å²) in [4.78, 5) is 0. The number of alkyl halides is 24. The standard InChI is InChI=1S/C11F24O7/c12-1(13,36-3(16,17)5(20,21)38-7(24,25)26)2(14,15)37-4(18,19)6(22,23)39-9(30,31)41-11(34,35)42-10(32,33)40-8(27,28)29. The first-order valence-corrected chi connectivity index (χ1v) is 8.14. The van der Waals surface area contributed by atoms with Crippen LogP contribution in [0.25, 0.3) is 0 Å². The number of ether oxygens (including phenoxy) is 7. The van der Waals surface area contributed by atoms with Gasteiger partial charge in [-0.3, -0.25) is 0 Å². The van der Waals surface area contributed by atoms with Gasteiger partial charge in [0.15, 0.2) is 0 Å². The van der Waals surface area contributed by atoms with E-state index in [1.807, 2.05) is 0 Å². The monoisotopic (exact) mass is 700 g/mol. The lowest BCUT2D eigenvalue weighted by atomic mass is 10.5. The van der Waals surface area contributed by atoms with Crippen LogP contribution < -0.4 is 0 Å². The maximum atomic E-state index is 13.2. The lowest BCUT2D eigenvalue weighted by Gasteiger charge is -2.35. The van der Waals surface area contributed by atoms with Crippen molar-refractivity contribution >= 4 is 0 Å². The molecule has 0 saturated heterocycles. The summed E-state index contributed by atoms with van der Waals surface area (Å²) in [5.41, 5.74) is 0. The molecule has 0 amide bonds. The van der Waals surface area contributed by atoms with Crippen molar-refractivity contribution in [1.29, 1.82) is 0 Å². The average Bonchev–Trinajstić information content (AvgIpc) is 2.50. The van der Waals surface area contributed by atoms with Crippen LogP contribution >= 0.6 is 0 Å². The van der Waals surface area contributed by atoms with Gasteiger partial charge in [-0.1, -0.05) is 0 Å². The zero-order valence-electron chi connectivity index (χ0n) is 17.4. The molecule has 0 aliphatic rings. The van der Waals surface area contributed by atoms with Gasteiger partial charge in [0, 0.05) is 0 Å². The van der Waals surface area contributed by atoms with E-state index in [1.165, 1.54) is 28.4 Å². The van der Waals surface area contributed by atoms with Gasteiger partial charge >= 0.3 is 68.3 Å². The van der Waals surface area contributed by atoms with Crippen LogP contribution in [0.1, 0.15) is 0 Å². The Kier molecular flexibility index (Phi) is 10.7. The van der Waals surface area contributed by atoms with E-state index in [2.05, 4.69) is 0 Å². The van der Waals surface area contributed by atoms with Crippen LogP contribution in [0.15, 0.2) is 0 Å². The van der Waals surface area contributed by atoms with Gasteiger partial charge in [0.05, 0.1) is 0 Å². The van der Waals surface area contributed by atoms with Crippen molar-refractivity contribution in [2.75, 3.05) is 0 Å². The maximum absolute atomic E-state index is 13.2. The molecule has 0 spiro atoms. The van der Waals surface area contributed by atoms with Crippen LogP contribution in [0.2, 0.25) is 0 Å². The van der Waals surface area contributed by atoms with Crippen molar-refractivity contribution in [2.24, 2.45) is 0 Å². The van der Waals surface area contributed by atoms with Crippen LogP contribution in [0.4, 0.5) is 105 Å². The van der Waals surface area contributed by atoms with E-state index in [9.17, 15) is 105 Å². The zero-order chi connectivity index (χ0) is 34.4. The molecule has 0 rings (SSSR count). The fourth-order valence-electron chi connectivity index (χ4n) is 1.45. The fraction of sp³-hybridized carbons (Fsp3) is 1.00. The highest BCUT2D eigenvalue weighted by atomic mass is 19.4. The Hall–Kier alpha value is -1.96. The third kappa shape index (κ3) is 11.6. The molecule has 42 heavy (non-hydrogen) atoms. The van der Waals surface area contributed by atoms with E-state index in [0.29, 0.717) is 0 Å². The fourth-order valence-corrected chi connectivity index (χ4v) is 1.45. The van der Waals surface area contributed by atoms with Gasteiger partial charge in [-0.05, 0) is 0 Å². The van der Waals surface area contributed by atoms with Gasteiger partial charge in [-0.2, -0.15) is 57.4 Å². The summed E-state index contributed by atoms with van der Waals surface area (Å²) in [7, 11) is 0. The molecule has 0 N–H and O–H groups in total. The molecule has 0 fully saturated rings. The van der Waals surface area contributed by atoms with E-state index < -0.39 is 68.3 Å². The second kappa shape index (κ2) is 11.2. The van der Waals surface area contributed by atoms with E-state index >= 15 is 0 Å². The molecule has 0 unspecified atom stereocenters. The Bertz CT molecular complexity index is 907. The largest absolute Gasteiger partial charge is 0.529 e. The molecule has 0 aliphatic heterocycles. The van der Waals surface area contributed by atoms with Gasteiger partial charge in [0.2, 0.25) is 0 Å². The van der Waals surface area contributed by atoms with Crippen LogP contribution in [0.5, 0.6) is 0 Å². The molecular weight excluding hydrogens is 700 g/mol. The molecular formula is C11F24O7. The van der Waals surface area contributed by atoms with Crippen LogP contribution in [0.3, 0.4) is 0 Å². The third-order valence-corrected chi connectivity index (χ3v) is 2.73. The van der Waals surface area contributed by atoms with Crippen molar-refractivity contribution in [2.45, 2.75) is 68.3 Å². The second-order valence-electron chi connectivity index (χ2n) is 6.10. The summed E-state index contributed by atoms with van der Waals surface area (Å²) < 4.78 is 312. The number of halogens is 24. The Morgan fingerprint density at radius 1 is 0.190 bits per heavy atom. The summed E-state index contributed by atoms with van der Waals surface area (Å²) in [5.74, 6) is 0. The number of hydrogen-bond acceptors (Lipinski definition) is 7. The minimum atomic E-state index is -7.97. The van der Waals surface area contributed by atoms with Crippen molar-refractivity contribution in [1.82, 2.24) is 0 Å². The molecule has 0 atom stereocenters. The lowest BCUT2D eigenvalue weighted by Crippen LogP contribution is -2.60. The third-order valence-electron chi connectivity index (χ3n) is 2.73. The summed E-state index contributed by atoms with van der Waals surface area (Å²) >= 11 is 0. The molecule has 31 heteroatoms. The van der Waals surface area contributed by atoms with Gasteiger partial charge in [-0.25, -0.2) is 28.4 Å². The summed E-state index contributed by atoms with van der Waals surface area (Å²) in [6.45, 7) is 0. The normalized spacial score (nSPS) is 16.3. The van der Waals surface area contributed by atoms with Gasteiger partial charge in [-0.15, -0.1) is 52.7 Å². The Balaban J connectivity index is 5.91. The highest BCUT2D eigenvalue weighted by molar-refractivity contribution is 4.78. The SMILES string of the molecule is FC(F)(F)OC(F)(F)OC(F)(F)OC(F)(F)OC(F)(F)C(F)(F)OC(F)(F)C(F)(F)OC(F)(F)C(F)(F)OC(F)(F)F. The topological polar surface area (TPSA) is 64.6 Å². The van der Waals surface area contributed by atoms with Crippen LogP contribution in [-0.4, -0.2) is 68.3 Å². The smallest absolute Gasteiger partial charge is 0.241 e. The summed E-state index contributed by atoms with van der Waals surface area (Å²) in [6.07, 6.45) is -81.6. The molecule has 0 aromatic rings. The molecule has 0 aromatic carbocycles. The molecule has 0 bridgehead atoms. The molecule has 0 heterocycles. The van der Waals surface area contributed by atoms with Crippen molar-refractivity contribution < 1.29 is 139 Å². The van der Waals surface area contributed by atoms with Gasteiger partial charge in [0.1, 0.15) is 0 Å². The van der Waals surface area contributed by atoms with E-state index in [-0.39, 0.29) is 0 Å². The first kappa shape index (κ1) is 40.0. The number of hydrogen-bond donors (Lipinski definition) is 0. The Morgan fingerprint density at radius 3 is 0.643 bits per heavy atom. The summed E-state index contributed by atoms with van der Waals surface area (Å²) in [5, 5.41) is 0. The molecule has 7 nitrogen and oxygen atoms in total. The van der Waals surface area contributed by atoms with Gasteiger partial charge < -0.3 is 0 Å². The zero-order valence-corrected chi connectivity index (χ0v) is 17.4. The Morgan fingerprint density at radius 2 is 0.381 bits per heavy atom. The van der Waals surface area contributed by atoms with Crippen molar-refractivity contribution in [3.63, 3.8) is 0 Å². The first-order chi connectivity index (χ1) is 17.7. The van der Waals surface area contributed by atoms with Crippen molar-refractivity contribution in [3.8, 4) is 0 Å². The molecule has 0 aliphatic carbocycles. The lowest BCUT2D eigenvalue weighted by molar-refractivity contribution is -0.625. The van der Waals surface area contributed by atoms with E-state index in [0.717, 1.165) is 0 Å². The molecule has 0 saturated carbocycles. The molecule has 254 valence electrons. The van der Waals surface area contributed by atoms with E-state index in [1.54, 1.807) is 4.74 Å². The minimum absolute atomic E-state index is 1.20. The average molecular weight is 700 g/mol. The van der Waals surface area contributed by atoms with Crippen molar-refractivity contribution in [3.05, 3.63) is 0 Å².